The van der Waals surface area contributed by atoms with Crippen LogP contribution < -0.4 is 5.32 Å². The van der Waals surface area contributed by atoms with Gasteiger partial charge in [-0.05, 0) is 24.5 Å². The van der Waals surface area contributed by atoms with E-state index in [0.29, 0.717) is 6.04 Å². The van der Waals surface area contributed by atoms with E-state index in [2.05, 4.69) is 48.3 Å². The van der Waals surface area contributed by atoms with E-state index in [1.54, 1.807) is 0 Å². The van der Waals surface area contributed by atoms with Crippen LogP contribution in [0.15, 0.2) is 24.3 Å². The summed E-state index contributed by atoms with van der Waals surface area (Å²) >= 11 is 2.07. The van der Waals surface area contributed by atoms with E-state index in [1.807, 2.05) is 6.92 Å². The lowest BCUT2D eigenvalue weighted by molar-refractivity contribution is 0.133. The Balaban J connectivity index is 1.88. The molecule has 0 amide bonds. The second kappa shape index (κ2) is 7.17. The van der Waals surface area contributed by atoms with Crippen molar-refractivity contribution in [2.45, 2.75) is 44.7 Å². The van der Waals surface area contributed by atoms with E-state index in [1.165, 1.54) is 23.3 Å². The van der Waals surface area contributed by atoms with Crippen LogP contribution >= 0.6 is 11.8 Å². The lowest BCUT2D eigenvalue weighted by Gasteiger charge is -2.14. The molecule has 2 rings (SSSR count). The van der Waals surface area contributed by atoms with Crippen molar-refractivity contribution < 1.29 is 4.74 Å². The van der Waals surface area contributed by atoms with Gasteiger partial charge in [0.2, 0.25) is 0 Å². The monoisotopic (exact) mass is 265 g/mol. The Kier molecular flexibility index (Phi) is 5.54. The molecular weight excluding hydrogens is 242 g/mol. The molecule has 1 saturated heterocycles. The fourth-order valence-electron chi connectivity index (χ4n) is 2.30. The molecule has 1 fully saturated rings. The highest BCUT2D eigenvalue weighted by Crippen LogP contribution is 2.26. The molecule has 2 nitrogen and oxygen atoms in total. The molecule has 100 valence electrons. The van der Waals surface area contributed by atoms with Crippen LogP contribution in [-0.2, 0) is 17.9 Å². The zero-order valence-corrected chi connectivity index (χ0v) is 12.1. The van der Waals surface area contributed by atoms with E-state index in [9.17, 15) is 0 Å². The third-order valence-electron chi connectivity index (χ3n) is 3.36. The maximum absolute atomic E-state index is 5.52. The number of benzene rings is 1. The summed E-state index contributed by atoms with van der Waals surface area (Å²) in [7, 11) is 0. The fourth-order valence-corrected chi connectivity index (χ4v) is 3.48. The van der Waals surface area contributed by atoms with Crippen LogP contribution in [0, 0.1) is 0 Å². The Morgan fingerprint density at radius 1 is 1.33 bits per heavy atom. The topological polar surface area (TPSA) is 21.3 Å². The average Bonchev–Trinajstić information content (AvgIpc) is 2.81. The summed E-state index contributed by atoms with van der Waals surface area (Å²) in [5.74, 6) is 1.24. The van der Waals surface area contributed by atoms with Gasteiger partial charge in [0.1, 0.15) is 0 Å². The normalized spacial score (nSPS) is 23.4. The van der Waals surface area contributed by atoms with Gasteiger partial charge >= 0.3 is 0 Å². The van der Waals surface area contributed by atoms with E-state index in [4.69, 9.17) is 4.74 Å². The molecule has 18 heavy (non-hydrogen) atoms. The number of rotatable bonds is 6. The van der Waals surface area contributed by atoms with Gasteiger partial charge in [-0.25, -0.2) is 0 Å². The minimum Gasteiger partial charge on any atom is -0.377 e. The fraction of sp³-hybridized carbons (Fsp3) is 0.600. The Bertz CT molecular complexity index is 369. The predicted molar refractivity (Wildman–Crippen MR) is 78.9 cm³/mol. The summed E-state index contributed by atoms with van der Waals surface area (Å²) in [6, 6.07) is 9.24. The number of nitrogens with one attached hydrogen (secondary N) is 1. The van der Waals surface area contributed by atoms with Crippen LogP contribution in [0.1, 0.15) is 31.4 Å². The van der Waals surface area contributed by atoms with Gasteiger partial charge in [-0.3, -0.25) is 0 Å². The first-order valence-corrected chi connectivity index (χ1v) is 7.84. The number of hydrogen-bond acceptors (Lipinski definition) is 3. The molecule has 0 aliphatic carbocycles. The Morgan fingerprint density at radius 3 is 2.78 bits per heavy atom. The lowest BCUT2D eigenvalue weighted by Crippen LogP contribution is -2.28. The number of ether oxygens (including phenoxy) is 1. The Hall–Kier alpha value is -0.510. The molecule has 3 heteroatoms. The first-order chi connectivity index (χ1) is 8.79. The SMILES string of the molecule is CCOCc1ccccc1CNC1CSC(C)C1. The van der Waals surface area contributed by atoms with Gasteiger partial charge in [-0.2, -0.15) is 11.8 Å². The first kappa shape index (κ1) is 13.9. The smallest absolute Gasteiger partial charge is 0.0719 e. The van der Waals surface area contributed by atoms with E-state index in [-0.39, 0.29) is 0 Å². The summed E-state index contributed by atoms with van der Waals surface area (Å²) in [4.78, 5) is 0. The molecule has 1 heterocycles. The second-order valence-corrected chi connectivity index (χ2v) is 6.33. The molecule has 1 aromatic carbocycles. The first-order valence-electron chi connectivity index (χ1n) is 6.79. The average molecular weight is 265 g/mol. The van der Waals surface area contributed by atoms with Crippen molar-refractivity contribution in [2.75, 3.05) is 12.4 Å². The minimum absolute atomic E-state index is 0.671. The number of thioether (sulfide) groups is 1. The molecule has 1 aromatic rings. The quantitative estimate of drug-likeness (QED) is 0.853. The molecule has 0 aromatic heterocycles. The van der Waals surface area contributed by atoms with Crippen molar-refractivity contribution >= 4 is 11.8 Å². The molecule has 1 aliphatic heterocycles. The maximum atomic E-state index is 5.52. The van der Waals surface area contributed by atoms with Gasteiger partial charge in [-0.15, -0.1) is 0 Å². The zero-order chi connectivity index (χ0) is 12.8. The molecule has 0 spiro atoms. The third-order valence-corrected chi connectivity index (χ3v) is 4.72. The van der Waals surface area contributed by atoms with Gasteiger partial charge in [-0.1, -0.05) is 31.2 Å². The van der Waals surface area contributed by atoms with Crippen LogP contribution in [-0.4, -0.2) is 23.7 Å². The molecule has 0 saturated carbocycles. The summed E-state index contributed by atoms with van der Waals surface area (Å²) < 4.78 is 5.52. The van der Waals surface area contributed by atoms with Crippen LogP contribution in [0.25, 0.3) is 0 Å². The zero-order valence-electron chi connectivity index (χ0n) is 11.3. The lowest BCUT2D eigenvalue weighted by atomic mass is 10.1. The summed E-state index contributed by atoms with van der Waals surface area (Å²) in [5, 5.41) is 4.48. The standard InChI is InChI=1S/C15H23NOS/c1-3-17-10-14-7-5-4-6-13(14)9-16-15-8-12(2)18-11-15/h4-7,12,15-16H,3,8-11H2,1-2H3. The van der Waals surface area contributed by atoms with Gasteiger partial charge < -0.3 is 10.1 Å². The molecule has 1 aliphatic rings. The van der Waals surface area contributed by atoms with E-state index >= 15 is 0 Å². The van der Waals surface area contributed by atoms with Crippen molar-refractivity contribution in [1.29, 1.82) is 0 Å². The largest absolute Gasteiger partial charge is 0.377 e. The number of hydrogen-bond donors (Lipinski definition) is 1. The second-order valence-electron chi connectivity index (χ2n) is 4.86. The predicted octanol–water partition coefficient (Wildman–Crippen LogP) is 3.21. The van der Waals surface area contributed by atoms with E-state index in [0.717, 1.165) is 25.0 Å². The molecule has 0 bridgehead atoms. The summed E-state index contributed by atoms with van der Waals surface area (Å²) in [6.45, 7) is 6.82. The van der Waals surface area contributed by atoms with Crippen molar-refractivity contribution in [2.24, 2.45) is 0 Å². The highest BCUT2D eigenvalue weighted by molar-refractivity contribution is 8.00. The Morgan fingerprint density at radius 2 is 2.11 bits per heavy atom. The van der Waals surface area contributed by atoms with Crippen molar-refractivity contribution in [3.8, 4) is 0 Å². The maximum Gasteiger partial charge on any atom is 0.0719 e. The minimum atomic E-state index is 0.671. The van der Waals surface area contributed by atoms with Crippen LogP contribution in [0.5, 0.6) is 0 Å². The highest BCUT2D eigenvalue weighted by atomic mass is 32.2. The van der Waals surface area contributed by atoms with Crippen molar-refractivity contribution in [1.82, 2.24) is 5.32 Å². The Labute approximate surface area is 114 Å². The molecule has 0 radical (unpaired) electrons. The van der Waals surface area contributed by atoms with Crippen LogP contribution in [0.4, 0.5) is 0 Å². The molecule has 2 unspecified atom stereocenters. The summed E-state index contributed by atoms with van der Waals surface area (Å²) in [6.07, 6.45) is 1.29. The van der Waals surface area contributed by atoms with Gasteiger partial charge in [0.15, 0.2) is 0 Å². The molecular formula is C15H23NOS. The van der Waals surface area contributed by atoms with E-state index < -0.39 is 0 Å². The van der Waals surface area contributed by atoms with Crippen LogP contribution in [0.3, 0.4) is 0 Å². The van der Waals surface area contributed by atoms with Crippen molar-refractivity contribution in [3.63, 3.8) is 0 Å². The van der Waals surface area contributed by atoms with Gasteiger partial charge in [0, 0.05) is 30.2 Å². The highest BCUT2D eigenvalue weighted by Gasteiger charge is 2.21. The molecule has 1 N–H and O–H groups in total. The van der Waals surface area contributed by atoms with Gasteiger partial charge in [0.05, 0.1) is 6.61 Å². The third kappa shape index (κ3) is 4.01. The summed E-state index contributed by atoms with van der Waals surface area (Å²) in [5.41, 5.74) is 2.68. The van der Waals surface area contributed by atoms with Crippen molar-refractivity contribution in [3.05, 3.63) is 35.4 Å². The van der Waals surface area contributed by atoms with Crippen LogP contribution in [0.2, 0.25) is 0 Å². The van der Waals surface area contributed by atoms with Gasteiger partial charge in [0.25, 0.3) is 0 Å². The molecule has 2 atom stereocenters.